The fourth-order valence-corrected chi connectivity index (χ4v) is 3.20. The minimum atomic E-state index is -0.322. The quantitative estimate of drug-likeness (QED) is 0.563. The van der Waals surface area contributed by atoms with Gasteiger partial charge in [0.25, 0.3) is 5.56 Å². The van der Waals surface area contributed by atoms with E-state index in [4.69, 9.17) is 5.73 Å². The first-order valence-electron chi connectivity index (χ1n) is 8.58. The van der Waals surface area contributed by atoms with Gasteiger partial charge in [0.1, 0.15) is 5.82 Å². The zero-order chi connectivity index (χ0) is 18.3. The van der Waals surface area contributed by atoms with Crippen LogP contribution < -0.4 is 16.6 Å². The molecule has 1 amide bonds. The largest absolute Gasteiger partial charge is 0.354 e. The molecule has 0 fully saturated rings. The Balaban J connectivity index is 0.00000338. The van der Waals surface area contributed by atoms with Gasteiger partial charge in [0.15, 0.2) is 0 Å². The fourth-order valence-electron chi connectivity index (χ4n) is 2.40. The number of aromatic amines is 1. The van der Waals surface area contributed by atoms with Crippen molar-refractivity contribution < 1.29 is 4.79 Å². The van der Waals surface area contributed by atoms with Gasteiger partial charge in [-0.1, -0.05) is 26.0 Å². The van der Waals surface area contributed by atoms with E-state index in [-0.39, 0.29) is 29.4 Å². The highest BCUT2D eigenvalue weighted by molar-refractivity contribution is 7.98. The van der Waals surface area contributed by atoms with E-state index in [1.165, 1.54) is 0 Å². The Morgan fingerprint density at radius 3 is 2.69 bits per heavy atom. The second-order valence-corrected chi connectivity index (χ2v) is 7.28. The zero-order valence-electron chi connectivity index (χ0n) is 15.2. The number of aromatic nitrogens is 2. The Hall–Kier alpha value is -1.57. The van der Waals surface area contributed by atoms with E-state index in [0.29, 0.717) is 41.2 Å². The molecule has 0 spiro atoms. The topological polar surface area (TPSA) is 101 Å². The van der Waals surface area contributed by atoms with E-state index < -0.39 is 0 Å². The Bertz CT molecular complexity index is 777. The summed E-state index contributed by atoms with van der Waals surface area (Å²) in [5.41, 5.74) is 6.42. The molecule has 1 aromatic heterocycles. The highest BCUT2D eigenvalue weighted by Crippen LogP contribution is 2.13. The van der Waals surface area contributed by atoms with Crippen LogP contribution in [0.4, 0.5) is 0 Å². The first-order valence-corrected chi connectivity index (χ1v) is 9.74. The predicted octanol–water partition coefficient (Wildman–Crippen LogP) is 2.60. The summed E-state index contributed by atoms with van der Waals surface area (Å²) in [6.45, 7) is 4.56. The maximum atomic E-state index is 12.0. The van der Waals surface area contributed by atoms with Crippen molar-refractivity contribution in [1.29, 1.82) is 0 Å². The van der Waals surface area contributed by atoms with Gasteiger partial charge in [0.05, 0.1) is 16.7 Å². The number of para-hydroxylation sites is 1. The second kappa shape index (κ2) is 10.5. The number of hydrogen-bond donors (Lipinski definition) is 3. The maximum absolute atomic E-state index is 12.0. The number of nitrogens with one attached hydrogen (secondary N) is 2. The van der Waals surface area contributed by atoms with Gasteiger partial charge < -0.3 is 16.0 Å². The molecule has 1 aromatic carbocycles. The molecule has 6 nitrogen and oxygen atoms in total. The first kappa shape index (κ1) is 22.5. The van der Waals surface area contributed by atoms with Crippen molar-refractivity contribution in [2.24, 2.45) is 5.73 Å². The smallest absolute Gasteiger partial charge is 0.258 e. The third-order valence-electron chi connectivity index (χ3n) is 4.42. The van der Waals surface area contributed by atoms with E-state index >= 15 is 0 Å². The van der Waals surface area contributed by atoms with Crippen molar-refractivity contribution in [3.8, 4) is 0 Å². The van der Waals surface area contributed by atoms with Crippen LogP contribution in [0.15, 0.2) is 29.1 Å². The summed E-state index contributed by atoms with van der Waals surface area (Å²) in [4.78, 5) is 31.1. The van der Waals surface area contributed by atoms with Gasteiger partial charge in [-0.3, -0.25) is 9.59 Å². The third-order valence-corrected chi connectivity index (χ3v) is 5.39. The van der Waals surface area contributed by atoms with E-state index in [0.717, 1.165) is 12.8 Å². The lowest BCUT2D eigenvalue weighted by Gasteiger charge is -2.26. The first-order chi connectivity index (χ1) is 12.0. The van der Waals surface area contributed by atoms with Crippen molar-refractivity contribution in [2.45, 2.75) is 44.4 Å². The van der Waals surface area contributed by atoms with Crippen molar-refractivity contribution >= 4 is 41.0 Å². The molecule has 0 bridgehead atoms. The number of nitrogens with two attached hydrogens (primary N) is 1. The van der Waals surface area contributed by atoms with E-state index in [9.17, 15) is 9.59 Å². The molecule has 0 unspecified atom stereocenters. The van der Waals surface area contributed by atoms with Crippen LogP contribution in [0.1, 0.15) is 38.9 Å². The number of amides is 1. The van der Waals surface area contributed by atoms with Crippen LogP contribution in [0.2, 0.25) is 0 Å². The van der Waals surface area contributed by atoms with E-state index in [2.05, 4.69) is 15.3 Å². The molecule has 0 aliphatic rings. The monoisotopic (exact) mass is 398 g/mol. The summed E-state index contributed by atoms with van der Waals surface area (Å²) in [7, 11) is 0. The lowest BCUT2D eigenvalue weighted by atomic mass is 9.94. The standard InChI is InChI=1S/C18H26N4O2S.ClH/c1-3-18(19,4-2)12-20-16(23)9-10-25-11-15-21-14-8-6-5-7-13(14)17(24)22-15;/h5-8H,3-4,9-12,19H2,1-2H3,(H,20,23)(H,21,22,24);1H. The zero-order valence-corrected chi connectivity index (χ0v) is 16.8. The van der Waals surface area contributed by atoms with Crippen molar-refractivity contribution in [2.75, 3.05) is 12.3 Å². The number of thioether (sulfide) groups is 1. The number of carbonyl (C=O) groups is 1. The molecule has 0 saturated carbocycles. The summed E-state index contributed by atoms with van der Waals surface area (Å²) in [6, 6.07) is 7.26. The highest BCUT2D eigenvalue weighted by Gasteiger charge is 2.20. The van der Waals surface area contributed by atoms with Gasteiger partial charge in [-0.25, -0.2) is 4.98 Å². The minimum absolute atomic E-state index is 0. The summed E-state index contributed by atoms with van der Waals surface area (Å²) < 4.78 is 0. The lowest BCUT2D eigenvalue weighted by Crippen LogP contribution is -2.49. The molecule has 0 saturated heterocycles. The Morgan fingerprint density at radius 1 is 1.31 bits per heavy atom. The van der Waals surface area contributed by atoms with Crippen LogP contribution in [0.3, 0.4) is 0 Å². The van der Waals surface area contributed by atoms with Gasteiger partial charge in [-0.15, -0.1) is 12.4 Å². The van der Waals surface area contributed by atoms with Gasteiger partial charge in [0, 0.05) is 24.3 Å². The maximum Gasteiger partial charge on any atom is 0.258 e. The minimum Gasteiger partial charge on any atom is -0.354 e. The molecule has 2 rings (SSSR count). The highest BCUT2D eigenvalue weighted by atomic mass is 35.5. The molecular formula is C18H27ClN4O2S. The number of rotatable bonds is 9. The van der Waals surface area contributed by atoms with Crippen molar-refractivity contribution in [3.05, 3.63) is 40.4 Å². The fraction of sp³-hybridized carbons (Fsp3) is 0.500. The number of hydrogen-bond acceptors (Lipinski definition) is 5. The van der Waals surface area contributed by atoms with E-state index in [1.54, 1.807) is 17.8 Å². The Morgan fingerprint density at radius 2 is 2.00 bits per heavy atom. The number of H-pyrrole nitrogens is 1. The number of fused-ring (bicyclic) bond motifs is 1. The van der Waals surface area contributed by atoms with Crippen LogP contribution in [-0.2, 0) is 10.5 Å². The normalized spacial score (nSPS) is 11.2. The SMILES string of the molecule is CCC(N)(CC)CNC(=O)CCSCc1nc2ccccc2c(=O)[nH]1.Cl. The van der Waals surface area contributed by atoms with Gasteiger partial charge in [-0.05, 0) is 25.0 Å². The predicted molar refractivity (Wildman–Crippen MR) is 111 cm³/mol. The number of carbonyl (C=O) groups excluding carboxylic acids is 1. The van der Waals surface area contributed by atoms with Crippen LogP contribution in [0, 0.1) is 0 Å². The molecule has 26 heavy (non-hydrogen) atoms. The molecule has 144 valence electrons. The number of nitrogens with zero attached hydrogens (tertiary/aromatic N) is 1. The molecule has 4 N–H and O–H groups in total. The van der Waals surface area contributed by atoms with Crippen LogP contribution in [0.25, 0.3) is 10.9 Å². The van der Waals surface area contributed by atoms with Crippen LogP contribution in [0.5, 0.6) is 0 Å². The molecular weight excluding hydrogens is 372 g/mol. The van der Waals surface area contributed by atoms with Crippen LogP contribution in [-0.4, -0.2) is 33.7 Å². The average molecular weight is 399 g/mol. The molecule has 1 heterocycles. The molecule has 0 aliphatic heterocycles. The average Bonchev–Trinajstić information content (AvgIpc) is 2.63. The molecule has 8 heteroatoms. The lowest BCUT2D eigenvalue weighted by molar-refractivity contribution is -0.120. The molecule has 0 radical (unpaired) electrons. The summed E-state index contributed by atoms with van der Waals surface area (Å²) >= 11 is 1.57. The number of benzene rings is 1. The van der Waals surface area contributed by atoms with Gasteiger partial charge in [0.2, 0.25) is 5.91 Å². The number of halogens is 1. The summed E-state index contributed by atoms with van der Waals surface area (Å²) in [5.74, 6) is 1.87. The van der Waals surface area contributed by atoms with Crippen molar-refractivity contribution in [3.63, 3.8) is 0 Å². The summed E-state index contributed by atoms with van der Waals surface area (Å²) in [5, 5.41) is 3.50. The Labute approximate surface area is 164 Å². The summed E-state index contributed by atoms with van der Waals surface area (Å²) in [6.07, 6.45) is 2.09. The van der Waals surface area contributed by atoms with Crippen LogP contribution >= 0.6 is 24.2 Å². The second-order valence-electron chi connectivity index (χ2n) is 6.18. The Kier molecular flexibility index (Phi) is 9.12. The molecule has 0 atom stereocenters. The third kappa shape index (κ3) is 6.30. The molecule has 2 aromatic rings. The van der Waals surface area contributed by atoms with Gasteiger partial charge >= 0.3 is 0 Å². The van der Waals surface area contributed by atoms with E-state index in [1.807, 2.05) is 32.0 Å². The van der Waals surface area contributed by atoms with Crippen molar-refractivity contribution in [1.82, 2.24) is 15.3 Å². The molecule has 0 aliphatic carbocycles. The van der Waals surface area contributed by atoms with Gasteiger partial charge in [-0.2, -0.15) is 11.8 Å².